The van der Waals surface area contributed by atoms with Crippen LogP contribution in [0, 0.1) is 0 Å². The van der Waals surface area contributed by atoms with E-state index < -0.39 is 0 Å². The van der Waals surface area contributed by atoms with E-state index in [9.17, 15) is 19.2 Å². The van der Waals surface area contributed by atoms with Gasteiger partial charge in [-0.1, -0.05) is 12.1 Å². The van der Waals surface area contributed by atoms with E-state index >= 15 is 0 Å². The molecule has 2 aromatic carbocycles. The third-order valence-corrected chi connectivity index (χ3v) is 7.24. The number of carbonyl (C=O) groups excluding carboxylic acids is 3. The number of benzene rings is 2. The van der Waals surface area contributed by atoms with Crippen molar-refractivity contribution in [1.82, 2.24) is 19.9 Å². The molecule has 0 aliphatic heterocycles. The van der Waals surface area contributed by atoms with Gasteiger partial charge in [0.05, 0.1) is 27.0 Å². The predicted molar refractivity (Wildman–Crippen MR) is 150 cm³/mol. The lowest BCUT2D eigenvalue weighted by Crippen LogP contribution is -2.24. The van der Waals surface area contributed by atoms with Gasteiger partial charge in [0.15, 0.2) is 0 Å². The molecule has 0 unspecified atom stereocenters. The van der Waals surface area contributed by atoms with Crippen LogP contribution >= 0.6 is 11.3 Å². The highest BCUT2D eigenvalue weighted by atomic mass is 32.1. The van der Waals surface area contributed by atoms with E-state index in [1.165, 1.54) is 18.3 Å². The van der Waals surface area contributed by atoms with Gasteiger partial charge < -0.3 is 25.9 Å². The molecule has 11 heteroatoms. The first-order chi connectivity index (χ1) is 18.3. The monoisotopic (exact) mass is 530 g/mol. The number of aromatic amines is 2. The number of carbonyl (C=O) groups is 3. The molecular weight excluding hydrogens is 504 g/mol. The van der Waals surface area contributed by atoms with Crippen molar-refractivity contribution in [2.24, 2.45) is 0 Å². The maximum atomic E-state index is 13.2. The second kappa shape index (κ2) is 10.0. The molecule has 10 nitrogen and oxygen atoms in total. The molecule has 0 spiro atoms. The maximum absolute atomic E-state index is 13.2. The average Bonchev–Trinajstić information content (AvgIpc) is 3.57. The van der Waals surface area contributed by atoms with Gasteiger partial charge in [0.25, 0.3) is 11.8 Å². The highest BCUT2D eigenvalue weighted by molar-refractivity contribution is 7.17. The molecule has 3 aromatic heterocycles. The van der Waals surface area contributed by atoms with Crippen molar-refractivity contribution >= 4 is 62.5 Å². The Bertz CT molecular complexity index is 1770. The van der Waals surface area contributed by atoms with E-state index in [1.54, 1.807) is 28.8 Å². The number of imidazole rings is 1. The van der Waals surface area contributed by atoms with Gasteiger partial charge in [-0.05, 0) is 55.8 Å². The number of nitrogens with zero attached hydrogens (tertiary/aromatic N) is 1. The molecule has 0 saturated carbocycles. The largest absolute Gasteiger partial charge is 0.352 e. The summed E-state index contributed by atoms with van der Waals surface area (Å²) in [5.41, 5.74) is 3.54. The average molecular weight is 531 g/mol. The third-order valence-electron chi connectivity index (χ3n) is 6.11. The number of H-pyrrole nitrogens is 2. The summed E-state index contributed by atoms with van der Waals surface area (Å²) in [5.74, 6) is -0.593. The lowest BCUT2D eigenvalue weighted by Gasteiger charge is -2.07. The van der Waals surface area contributed by atoms with Crippen LogP contribution in [0.2, 0.25) is 0 Å². The number of amides is 3. The third kappa shape index (κ3) is 4.59. The number of fused-ring (bicyclic) bond motifs is 2. The van der Waals surface area contributed by atoms with Crippen LogP contribution in [-0.4, -0.2) is 38.8 Å². The molecule has 0 atom stereocenters. The Labute approximate surface area is 221 Å². The van der Waals surface area contributed by atoms with Crippen molar-refractivity contribution in [3.8, 4) is 10.4 Å². The van der Waals surface area contributed by atoms with Crippen molar-refractivity contribution in [2.45, 2.75) is 27.3 Å². The lowest BCUT2D eigenvalue weighted by atomic mass is 10.1. The van der Waals surface area contributed by atoms with Crippen LogP contribution in [0.25, 0.3) is 32.4 Å². The quantitative estimate of drug-likeness (QED) is 0.211. The Balaban J connectivity index is 1.50. The summed E-state index contributed by atoms with van der Waals surface area (Å²) in [5, 5.41) is 9.03. The van der Waals surface area contributed by atoms with E-state index in [4.69, 9.17) is 0 Å². The molecule has 38 heavy (non-hydrogen) atoms. The summed E-state index contributed by atoms with van der Waals surface area (Å²) in [4.78, 5) is 57.3. The molecule has 3 amide bonds. The Morgan fingerprint density at radius 1 is 0.947 bits per heavy atom. The molecule has 0 fully saturated rings. The standard InChI is InChI=1S/C27H26N6O4S/c1-4-28-26(36)23-17-12-20-19(31-27(37)33(20)5-2)13-18(17)30-24(23)32-25(35)22-10-9-21(38-22)15-7-6-8-16(11-15)29-14(3)34/h6-13,30H,4-5H2,1-3H3,(H,28,36)(H,29,34)(H,31,37)(H,32,35). The van der Waals surface area contributed by atoms with Crippen LogP contribution in [0.15, 0.2) is 53.3 Å². The normalized spacial score (nSPS) is 11.1. The van der Waals surface area contributed by atoms with Gasteiger partial charge in [-0.15, -0.1) is 11.3 Å². The van der Waals surface area contributed by atoms with Crippen molar-refractivity contribution in [2.75, 3.05) is 17.2 Å². The number of rotatable bonds is 7. The summed E-state index contributed by atoms with van der Waals surface area (Å²) in [6.07, 6.45) is 0. The van der Waals surface area contributed by atoms with Crippen LogP contribution in [0.5, 0.6) is 0 Å². The van der Waals surface area contributed by atoms with Gasteiger partial charge in [0.1, 0.15) is 5.82 Å². The number of nitrogens with one attached hydrogen (secondary N) is 5. The molecule has 0 saturated heterocycles. The fraction of sp³-hybridized carbons (Fsp3) is 0.185. The molecule has 5 N–H and O–H groups in total. The van der Waals surface area contributed by atoms with Gasteiger partial charge in [-0.2, -0.15) is 0 Å². The number of aryl methyl sites for hydroxylation is 1. The fourth-order valence-electron chi connectivity index (χ4n) is 4.48. The zero-order chi connectivity index (χ0) is 27.0. The molecule has 5 rings (SSSR count). The first-order valence-corrected chi connectivity index (χ1v) is 13.0. The van der Waals surface area contributed by atoms with E-state index in [0.29, 0.717) is 51.2 Å². The van der Waals surface area contributed by atoms with Gasteiger partial charge >= 0.3 is 5.69 Å². The summed E-state index contributed by atoms with van der Waals surface area (Å²) < 4.78 is 1.59. The summed E-state index contributed by atoms with van der Waals surface area (Å²) >= 11 is 1.30. The molecule has 0 aliphatic carbocycles. The molecule has 3 heterocycles. The highest BCUT2D eigenvalue weighted by Gasteiger charge is 2.22. The Kier molecular flexibility index (Phi) is 6.60. The zero-order valence-electron chi connectivity index (χ0n) is 21.0. The maximum Gasteiger partial charge on any atom is 0.326 e. The summed E-state index contributed by atoms with van der Waals surface area (Å²) in [6, 6.07) is 14.5. The SMILES string of the molecule is CCNC(=O)c1c(NC(=O)c2ccc(-c3cccc(NC(C)=O)c3)s2)[nH]c2cc3[nH]c(=O)n(CC)c3cc12. The minimum Gasteiger partial charge on any atom is -0.352 e. The molecular formula is C27H26N6O4S. The van der Waals surface area contributed by atoms with E-state index in [1.807, 2.05) is 38.1 Å². The number of hydrogen-bond acceptors (Lipinski definition) is 5. The number of hydrogen-bond donors (Lipinski definition) is 5. The van der Waals surface area contributed by atoms with Crippen LogP contribution in [0.1, 0.15) is 40.8 Å². The number of anilines is 2. The van der Waals surface area contributed by atoms with E-state index in [-0.39, 0.29) is 29.2 Å². The highest BCUT2D eigenvalue weighted by Crippen LogP contribution is 2.33. The van der Waals surface area contributed by atoms with Crippen LogP contribution in [0.4, 0.5) is 11.5 Å². The minimum absolute atomic E-state index is 0.162. The van der Waals surface area contributed by atoms with Crippen molar-refractivity contribution < 1.29 is 14.4 Å². The van der Waals surface area contributed by atoms with Crippen LogP contribution in [0.3, 0.4) is 0 Å². The Morgan fingerprint density at radius 2 is 1.76 bits per heavy atom. The van der Waals surface area contributed by atoms with E-state index in [0.717, 1.165) is 10.4 Å². The van der Waals surface area contributed by atoms with Gasteiger partial charge in [-0.3, -0.25) is 19.0 Å². The number of aromatic nitrogens is 3. The minimum atomic E-state index is -0.368. The molecule has 0 aliphatic rings. The molecule has 0 radical (unpaired) electrons. The molecule has 194 valence electrons. The van der Waals surface area contributed by atoms with Crippen molar-refractivity contribution in [3.63, 3.8) is 0 Å². The molecule has 0 bridgehead atoms. The molecule has 5 aromatic rings. The van der Waals surface area contributed by atoms with E-state index in [2.05, 4.69) is 25.9 Å². The zero-order valence-corrected chi connectivity index (χ0v) is 21.8. The fourth-order valence-corrected chi connectivity index (χ4v) is 5.38. The lowest BCUT2D eigenvalue weighted by molar-refractivity contribution is -0.114. The van der Waals surface area contributed by atoms with Crippen molar-refractivity contribution in [1.29, 1.82) is 0 Å². The summed E-state index contributed by atoms with van der Waals surface area (Å²) in [7, 11) is 0. The Hall–Kier alpha value is -4.64. The Morgan fingerprint density at radius 3 is 2.50 bits per heavy atom. The summed E-state index contributed by atoms with van der Waals surface area (Å²) in [6.45, 7) is 6.03. The number of thiophene rings is 1. The van der Waals surface area contributed by atoms with Crippen LogP contribution in [-0.2, 0) is 11.3 Å². The first-order valence-electron chi connectivity index (χ1n) is 12.1. The first kappa shape index (κ1) is 25.0. The van der Waals surface area contributed by atoms with Gasteiger partial charge in [0.2, 0.25) is 5.91 Å². The van der Waals surface area contributed by atoms with Crippen LogP contribution < -0.4 is 21.6 Å². The second-order valence-corrected chi connectivity index (χ2v) is 9.79. The second-order valence-electron chi connectivity index (χ2n) is 8.70. The van der Waals surface area contributed by atoms with Crippen molar-refractivity contribution in [3.05, 3.63) is 69.5 Å². The van der Waals surface area contributed by atoms with Gasteiger partial charge in [0, 0.05) is 36.0 Å². The smallest absolute Gasteiger partial charge is 0.326 e. The van der Waals surface area contributed by atoms with Gasteiger partial charge in [-0.25, -0.2) is 4.79 Å². The topological polar surface area (TPSA) is 141 Å². The predicted octanol–water partition coefficient (Wildman–Crippen LogP) is 4.52.